The van der Waals surface area contributed by atoms with Gasteiger partial charge in [0, 0.05) is 28.7 Å². The van der Waals surface area contributed by atoms with Crippen LogP contribution in [0.5, 0.6) is 5.75 Å². The van der Waals surface area contributed by atoms with E-state index >= 15 is 35.1 Å². The van der Waals surface area contributed by atoms with Gasteiger partial charge in [0.2, 0.25) is 0 Å². The molecule has 3 nitrogen and oxygen atoms in total. The van der Waals surface area contributed by atoms with E-state index in [1.54, 1.807) is 30.3 Å². The fraction of sp³-hybridized carbons (Fsp3) is 0.268. The normalized spacial score (nSPS) is 20.7. The molecule has 0 saturated carbocycles. The molecule has 0 aromatic heterocycles. The maximum atomic E-state index is 16.5. The molecule has 2 aliphatic rings. The zero-order valence-electron chi connectivity index (χ0n) is 30.1. The van der Waals surface area contributed by atoms with Crippen molar-refractivity contribution < 1.29 is 53.6 Å². The smallest absolute Gasteiger partial charge is 0.562 e. The van der Waals surface area contributed by atoms with Gasteiger partial charge in [-0.05, 0) is 63.4 Å². The summed E-state index contributed by atoms with van der Waals surface area (Å²) in [7, 11) is 0. The van der Waals surface area contributed by atoms with Gasteiger partial charge in [-0.2, -0.15) is 0 Å². The van der Waals surface area contributed by atoms with E-state index in [-0.39, 0.29) is 22.7 Å². The molecule has 7 rings (SSSR count). The quantitative estimate of drug-likeness (QED) is 0.0858. The number of quaternary nitrogens is 1. The molecule has 1 fully saturated rings. The Hall–Kier alpha value is -4.75. The zero-order valence-corrected chi connectivity index (χ0v) is 30.1. The Labute approximate surface area is 306 Å². The minimum atomic E-state index is -4.12. The Kier molecular flexibility index (Phi) is 8.81. The summed E-state index contributed by atoms with van der Waals surface area (Å²) in [4.78, 5) is -0.0998. The largest absolute Gasteiger partial charge is 0.637 e. The predicted octanol–water partition coefficient (Wildman–Crippen LogP) is 8.87. The van der Waals surface area contributed by atoms with E-state index in [9.17, 15) is 4.39 Å². The van der Waals surface area contributed by atoms with Crippen LogP contribution in [0.3, 0.4) is 0 Å². The summed E-state index contributed by atoms with van der Waals surface area (Å²) in [6, 6.07) is 14.4. The van der Waals surface area contributed by atoms with Gasteiger partial charge in [0.15, 0.2) is 17.5 Å². The van der Waals surface area contributed by atoms with Gasteiger partial charge in [-0.25, -0.2) is 39.5 Å². The van der Waals surface area contributed by atoms with Crippen LogP contribution in [-0.4, -0.2) is 6.69 Å². The van der Waals surface area contributed by atoms with Crippen molar-refractivity contribution in [1.29, 1.82) is 0 Å². The molecule has 1 saturated heterocycles. The fourth-order valence-electron chi connectivity index (χ4n) is 8.08. The predicted molar refractivity (Wildman–Crippen MR) is 185 cm³/mol. The molecule has 54 heavy (non-hydrogen) atoms. The first-order chi connectivity index (χ1) is 25.2. The second kappa shape index (κ2) is 12.7. The zero-order chi connectivity index (χ0) is 39.3. The fourth-order valence-corrected chi connectivity index (χ4v) is 8.08. The molecule has 282 valence electrons. The van der Waals surface area contributed by atoms with Gasteiger partial charge in [-0.1, -0.05) is 77.9 Å². The summed E-state index contributed by atoms with van der Waals surface area (Å²) < 4.78 is 153. The number of nitrogens with one attached hydrogen (secondary N) is 1. The monoisotopic (exact) mass is 755 g/mol. The average molecular weight is 756 g/mol. The molecule has 0 spiro atoms. The first-order valence-electron chi connectivity index (χ1n) is 17.3. The summed E-state index contributed by atoms with van der Waals surface area (Å²) in [6.07, 6.45) is 0. The lowest BCUT2D eigenvalue weighted by Gasteiger charge is -2.48. The number of benzene rings is 5. The van der Waals surface area contributed by atoms with Crippen molar-refractivity contribution in [1.82, 2.24) is 0 Å². The molecule has 3 atom stereocenters. The van der Waals surface area contributed by atoms with E-state index in [0.717, 1.165) is 29.8 Å². The minimum Gasteiger partial charge on any atom is -0.637 e. The highest BCUT2D eigenvalue weighted by Gasteiger charge is 2.70. The SMILES string of the molecule is CC(C)(C)c1cc2c(c(C(C)(C)C)c1)O[B-]1(c3c(F)c(F)c(F)c(F)c3F)OC(c3cc(F)cc(F)c3)(c3cc(F)cc(F)c3)[C@@H](c3ccccc3)[NH+]1C2. The number of fused-ring (bicyclic) bond motifs is 2. The lowest BCUT2D eigenvalue weighted by molar-refractivity contribution is -0.851. The van der Waals surface area contributed by atoms with E-state index in [1.165, 1.54) is 0 Å². The van der Waals surface area contributed by atoms with Crippen molar-refractivity contribution in [2.24, 2.45) is 0 Å². The molecular weight excluding hydrogens is 720 g/mol. The second-order valence-corrected chi connectivity index (χ2v) is 16.1. The van der Waals surface area contributed by atoms with Crippen LogP contribution in [0.15, 0.2) is 78.9 Å². The van der Waals surface area contributed by atoms with Crippen LogP contribution in [-0.2, 0) is 27.6 Å². The highest BCUT2D eigenvalue weighted by molar-refractivity contribution is 6.75. The summed E-state index contributed by atoms with van der Waals surface area (Å²) >= 11 is 0. The average Bonchev–Trinajstić information content (AvgIpc) is 3.38. The number of halogens is 9. The van der Waals surface area contributed by atoms with Crippen LogP contribution >= 0.6 is 0 Å². The Morgan fingerprint density at radius 1 is 0.611 bits per heavy atom. The molecule has 2 unspecified atom stereocenters. The first-order valence-corrected chi connectivity index (χ1v) is 17.3. The Bertz CT molecular complexity index is 2200. The van der Waals surface area contributed by atoms with Gasteiger partial charge in [-0.15, -0.1) is 0 Å². The Balaban J connectivity index is 1.70. The van der Waals surface area contributed by atoms with Crippen LogP contribution < -0.4 is 14.9 Å². The number of hydrogen-bond acceptors (Lipinski definition) is 2. The first kappa shape index (κ1) is 37.6. The maximum Gasteiger partial charge on any atom is 0.562 e. The molecule has 2 heterocycles. The highest BCUT2D eigenvalue weighted by Crippen LogP contribution is 2.52. The third-order valence-corrected chi connectivity index (χ3v) is 10.5. The Morgan fingerprint density at radius 3 is 1.56 bits per heavy atom. The van der Waals surface area contributed by atoms with Crippen LogP contribution in [0.2, 0.25) is 0 Å². The lowest BCUT2D eigenvalue weighted by atomic mass is 9.59. The van der Waals surface area contributed by atoms with Gasteiger partial charge in [0.05, 0.1) is 12.3 Å². The Morgan fingerprint density at radius 2 is 1.09 bits per heavy atom. The molecule has 2 aliphatic heterocycles. The van der Waals surface area contributed by atoms with E-state index < -0.39 is 98.1 Å². The molecule has 5 aromatic rings. The van der Waals surface area contributed by atoms with E-state index in [0.29, 0.717) is 23.3 Å². The van der Waals surface area contributed by atoms with Gasteiger partial charge in [0.1, 0.15) is 46.5 Å². The van der Waals surface area contributed by atoms with Crippen molar-refractivity contribution >= 4 is 12.1 Å². The molecule has 0 aliphatic carbocycles. The van der Waals surface area contributed by atoms with E-state index in [1.807, 2.05) is 53.7 Å². The van der Waals surface area contributed by atoms with Gasteiger partial charge in [0.25, 0.3) is 0 Å². The third-order valence-electron chi connectivity index (χ3n) is 10.5. The van der Waals surface area contributed by atoms with Crippen molar-refractivity contribution in [3.8, 4) is 5.75 Å². The second-order valence-electron chi connectivity index (χ2n) is 16.1. The maximum absolute atomic E-state index is 16.5. The van der Waals surface area contributed by atoms with Crippen LogP contribution in [0, 0.1) is 52.4 Å². The van der Waals surface area contributed by atoms with Crippen LogP contribution in [0.25, 0.3) is 0 Å². The van der Waals surface area contributed by atoms with Crippen molar-refractivity contribution in [2.75, 3.05) is 0 Å². The van der Waals surface area contributed by atoms with Crippen molar-refractivity contribution in [2.45, 2.75) is 70.6 Å². The molecule has 0 radical (unpaired) electrons. The number of rotatable bonds is 4. The van der Waals surface area contributed by atoms with E-state index in [2.05, 4.69) is 0 Å². The summed E-state index contributed by atoms with van der Waals surface area (Å²) in [5.41, 5.74) is -3.98. The standard InChI is InChI=1S/C41H35BF9NO2/c1-39(2,3)23-12-22-20-52-38(21-10-8-7-9-11-21)41(24-13-26(43)18-27(44)14-24,25-15-28(45)19-29(46)16-25)54-42(52,53-37(22)30(17-23)40(4,5)6)31-32(47)34(49)36(51)35(50)33(31)48/h7-19,38,52H,20H2,1-6H3/t38-,42?/m1/s1. The molecule has 0 amide bonds. The summed E-state index contributed by atoms with van der Waals surface area (Å²) in [5.74, 6) is -16.1. The van der Waals surface area contributed by atoms with Gasteiger partial charge < -0.3 is 14.1 Å². The van der Waals surface area contributed by atoms with Crippen molar-refractivity contribution in [3.05, 3.63) is 165 Å². The molecule has 5 aromatic carbocycles. The highest BCUT2D eigenvalue weighted by atomic mass is 19.2. The third kappa shape index (κ3) is 5.78. The van der Waals surface area contributed by atoms with Crippen molar-refractivity contribution in [3.63, 3.8) is 0 Å². The summed E-state index contributed by atoms with van der Waals surface area (Å²) in [5, 5.41) is 0. The minimum absolute atomic E-state index is 0.0293. The van der Waals surface area contributed by atoms with E-state index in [4.69, 9.17) is 9.31 Å². The lowest BCUT2D eigenvalue weighted by Crippen LogP contribution is -3.24. The molecule has 1 N–H and O–H groups in total. The van der Waals surface area contributed by atoms with Gasteiger partial charge in [-0.3, -0.25) is 0 Å². The molecular formula is C41H35BF9NO2. The topological polar surface area (TPSA) is 22.9 Å². The van der Waals surface area contributed by atoms with Crippen LogP contribution in [0.4, 0.5) is 39.5 Å². The number of hydrogen-bond donors (Lipinski definition) is 1. The van der Waals surface area contributed by atoms with Crippen LogP contribution in [0.1, 0.15) is 81.0 Å². The van der Waals surface area contributed by atoms with Gasteiger partial charge >= 0.3 is 6.69 Å². The summed E-state index contributed by atoms with van der Waals surface area (Å²) in [6.45, 7) is 7.02. The molecule has 13 heteroatoms. The molecule has 0 bridgehead atoms.